The summed E-state index contributed by atoms with van der Waals surface area (Å²) < 4.78 is 10.9. The van der Waals surface area contributed by atoms with Crippen LogP contribution in [-0.4, -0.2) is 21.1 Å². The van der Waals surface area contributed by atoms with Crippen molar-refractivity contribution in [2.75, 3.05) is 7.11 Å². The first-order valence-corrected chi connectivity index (χ1v) is 7.28. The van der Waals surface area contributed by atoms with Crippen LogP contribution in [-0.2, 0) is 8.85 Å². The Morgan fingerprint density at radius 3 is 2.08 bits per heavy atom. The number of rotatable bonds is 5. The fourth-order valence-electron chi connectivity index (χ4n) is 0.931. The van der Waals surface area contributed by atoms with E-state index in [4.69, 9.17) is 19.9 Å². The van der Waals surface area contributed by atoms with Crippen LogP contribution in [0.3, 0.4) is 0 Å². The molecule has 0 N–H and O–H groups in total. The Bertz CT molecular complexity index is 132. The second kappa shape index (κ2) is 5.22. The van der Waals surface area contributed by atoms with E-state index in [1.807, 2.05) is 13.8 Å². The monoisotopic (exact) mass is 210 g/mol. The lowest BCUT2D eigenvalue weighted by Crippen LogP contribution is -2.41. The van der Waals surface area contributed by atoms with E-state index in [1.165, 1.54) is 0 Å². The maximum Gasteiger partial charge on any atom is 0.446 e. The number of hydrogen-bond acceptors (Lipinski definition) is 2. The molecule has 0 aliphatic rings. The van der Waals surface area contributed by atoms with Crippen molar-refractivity contribution in [1.82, 2.24) is 0 Å². The van der Waals surface area contributed by atoms with Crippen molar-refractivity contribution in [1.29, 1.82) is 0 Å². The van der Waals surface area contributed by atoms with E-state index >= 15 is 0 Å². The Hall–Kier alpha value is 0.427. The van der Waals surface area contributed by atoms with Gasteiger partial charge in [0.2, 0.25) is 0 Å². The van der Waals surface area contributed by atoms with Gasteiger partial charge in [-0.15, -0.1) is 0 Å². The van der Waals surface area contributed by atoms with E-state index in [0.717, 1.165) is 6.42 Å². The third-order valence-corrected chi connectivity index (χ3v) is 6.66. The summed E-state index contributed by atoms with van der Waals surface area (Å²) in [6, 6.07) is 0. The van der Waals surface area contributed by atoms with E-state index in [9.17, 15) is 0 Å². The Labute approximate surface area is 81.2 Å². The topological polar surface area (TPSA) is 18.5 Å². The minimum atomic E-state index is -2.42. The average molecular weight is 211 g/mol. The third-order valence-electron chi connectivity index (χ3n) is 1.88. The molecule has 2 nitrogen and oxygen atoms in total. The lowest BCUT2D eigenvalue weighted by molar-refractivity contribution is 0.162. The lowest BCUT2D eigenvalue weighted by atomic mass is 10.4. The van der Waals surface area contributed by atoms with Crippen LogP contribution < -0.4 is 0 Å². The molecule has 0 saturated carbocycles. The Kier molecular flexibility index (Phi) is 5.41. The van der Waals surface area contributed by atoms with Crippen LogP contribution >= 0.6 is 11.1 Å². The van der Waals surface area contributed by atoms with Gasteiger partial charge in [-0.05, 0) is 13.8 Å². The maximum atomic E-state index is 6.26. The van der Waals surface area contributed by atoms with E-state index in [1.54, 1.807) is 7.11 Å². The van der Waals surface area contributed by atoms with Crippen LogP contribution in [0.15, 0.2) is 0 Å². The molecule has 0 aromatic carbocycles. The Morgan fingerprint density at radius 1 is 1.33 bits per heavy atom. The van der Waals surface area contributed by atoms with Crippen molar-refractivity contribution in [3.05, 3.63) is 0 Å². The largest absolute Gasteiger partial charge is 0.446 e. The van der Waals surface area contributed by atoms with Crippen LogP contribution in [0.25, 0.3) is 0 Å². The number of halogens is 1. The van der Waals surface area contributed by atoms with E-state index in [0.29, 0.717) is 5.54 Å². The van der Waals surface area contributed by atoms with E-state index in [2.05, 4.69) is 13.8 Å². The molecule has 0 fully saturated rings. The molecule has 0 aliphatic heterocycles. The van der Waals surface area contributed by atoms with Gasteiger partial charge < -0.3 is 8.85 Å². The zero-order valence-electron chi connectivity index (χ0n) is 8.56. The summed E-state index contributed by atoms with van der Waals surface area (Å²) in [5.41, 5.74) is 0.326. The highest BCUT2D eigenvalue weighted by molar-refractivity contribution is 7.13. The molecule has 0 heterocycles. The normalized spacial score (nSPS) is 19.2. The molecular weight excluding hydrogens is 192 g/mol. The second-order valence-corrected chi connectivity index (χ2v) is 7.64. The SMILES string of the molecule is CCC(C)[Si](Cl)(OC)OC(C)C. The van der Waals surface area contributed by atoms with E-state index in [-0.39, 0.29) is 6.10 Å². The molecule has 12 heavy (non-hydrogen) atoms. The first kappa shape index (κ1) is 12.4. The molecule has 2 unspecified atom stereocenters. The first-order chi connectivity index (χ1) is 5.46. The van der Waals surface area contributed by atoms with Crippen LogP contribution in [0.2, 0.25) is 5.54 Å². The molecule has 4 heteroatoms. The van der Waals surface area contributed by atoms with Crippen molar-refractivity contribution >= 4 is 18.9 Å². The fraction of sp³-hybridized carbons (Fsp3) is 1.00. The van der Waals surface area contributed by atoms with Crippen LogP contribution in [0.4, 0.5) is 0 Å². The molecule has 0 aromatic heterocycles. The third kappa shape index (κ3) is 3.43. The van der Waals surface area contributed by atoms with Crippen LogP contribution in [0, 0.1) is 0 Å². The van der Waals surface area contributed by atoms with Crippen LogP contribution in [0.1, 0.15) is 34.1 Å². The minimum Gasteiger partial charge on any atom is -0.386 e. The van der Waals surface area contributed by atoms with Gasteiger partial charge in [-0.1, -0.05) is 31.3 Å². The summed E-state index contributed by atoms with van der Waals surface area (Å²) in [6.45, 7) is 8.12. The first-order valence-electron chi connectivity index (χ1n) is 4.38. The molecule has 0 spiro atoms. The van der Waals surface area contributed by atoms with Crippen LogP contribution in [0.5, 0.6) is 0 Å². The van der Waals surface area contributed by atoms with Crippen molar-refractivity contribution in [2.24, 2.45) is 0 Å². The van der Waals surface area contributed by atoms with Crippen molar-refractivity contribution in [3.8, 4) is 0 Å². The second-order valence-electron chi connectivity index (χ2n) is 3.26. The predicted molar refractivity (Wildman–Crippen MR) is 54.6 cm³/mol. The highest BCUT2D eigenvalue weighted by Crippen LogP contribution is 2.30. The smallest absolute Gasteiger partial charge is 0.386 e. The molecule has 0 bridgehead atoms. The highest BCUT2D eigenvalue weighted by atomic mass is 35.6. The van der Waals surface area contributed by atoms with Gasteiger partial charge in [0.25, 0.3) is 0 Å². The molecule has 2 atom stereocenters. The van der Waals surface area contributed by atoms with Gasteiger partial charge in [0.1, 0.15) is 0 Å². The number of hydrogen-bond donors (Lipinski definition) is 0. The molecule has 74 valence electrons. The van der Waals surface area contributed by atoms with Gasteiger partial charge in [0, 0.05) is 18.8 Å². The highest BCUT2D eigenvalue weighted by Gasteiger charge is 2.41. The molecule has 0 radical (unpaired) electrons. The summed E-state index contributed by atoms with van der Waals surface area (Å²) in [6.07, 6.45) is 1.14. The van der Waals surface area contributed by atoms with Gasteiger partial charge in [-0.2, -0.15) is 0 Å². The Morgan fingerprint density at radius 2 is 1.83 bits per heavy atom. The summed E-state index contributed by atoms with van der Waals surface area (Å²) in [5.74, 6) is 0. The van der Waals surface area contributed by atoms with E-state index < -0.39 is 7.87 Å². The molecule has 0 amide bonds. The standard InChI is InChI=1S/C8H19ClO2Si/c1-6-8(4)12(9,10-5)11-7(2)3/h7-8H,6H2,1-5H3. The zero-order valence-corrected chi connectivity index (χ0v) is 10.3. The average Bonchev–Trinajstić information content (AvgIpc) is 2.01. The van der Waals surface area contributed by atoms with Gasteiger partial charge in [-0.25, -0.2) is 0 Å². The Balaban J connectivity index is 4.22. The summed E-state index contributed by atoms with van der Waals surface area (Å²) in [7, 11) is -0.785. The molecule has 0 aromatic rings. The summed E-state index contributed by atoms with van der Waals surface area (Å²) in [5, 5.41) is 0. The van der Waals surface area contributed by atoms with Crippen molar-refractivity contribution in [2.45, 2.75) is 45.8 Å². The molecule has 0 aliphatic carbocycles. The van der Waals surface area contributed by atoms with Gasteiger partial charge >= 0.3 is 7.87 Å². The van der Waals surface area contributed by atoms with Crippen molar-refractivity contribution in [3.63, 3.8) is 0 Å². The molecule has 0 rings (SSSR count). The zero-order chi connectivity index (χ0) is 9.78. The molecule has 0 saturated heterocycles. The predicted octanol–water partition coefficient (Wildman–Crippen LogP) is 3.04. The minimum absolute atomic E-state index is 0.142. The molecular formula is C8H19ClO2Si. The fourth-order valence-corrected chi connectivity index (χ4v) is 3.79. The lowest BCUT2D eigenvalue weighted by Gasteiger charge is -2.29. The van der Waals surface area contributed by atoms with Gasteiger partial charge in [0.05, 0.1) is 0 Å². The van der Waals surface area contributed by atoms with Crippen molar-refractivity contribution < 1.29 is 8.85 Å². The summed E-state index contributed by atoms with van der Waals surface area (Å²) in [4.78, 5) is 0. The van der Waals surface area contributed by atoms with Gasteiger partial charge in [0.15, 0.2) is 0 Å². The summed E-state index contributed by atoms with van der Waals surface area (Å²) >= 11 is 6.26. The quantitative estimate of drug-likeness (QED) is 0.513. The van der Waals surface area contributed by atoms with Gasteiger partial charge in [-0.3, -0.25) is 0 Å². The maximum absolute atomic E-state index is 6.26.